The molecule has 112 valence electrons. The van der Waals surface area contributed by atoms with Gasteiger partial charge in [0.15, 0.2) is 0 Å². The summed E-state index contributed by atoms with van der Waals surface area (Å²) in [7, 11) is 1.65. The van der Waals surface area contributed by atoms with Gasteiger partial charge in [0.1, 0.15) is 5.75 Å². The Labute approximate surface area is 135 Å². The van der Waals surface area contributed by atoms with E-state index >= 15 is 0 Å². The van der Waals surface area contributed by atoms with Gasteiger partial charge in [0.05, 0.1) is 23.9 Å². The number of pyridine rings is 1. The van der Waals surface area contributed by atoms with E-state index in [1.165, 1.54) is 0 Å². The van der Waals surface area contributed by atoms with Crippen molar-refractivity contribution in [1.29, 1.82) is 0 Å². The number of nitrogens with one attached hydrogen (secondary N) is 1. The molecule has 0 amide bonds. The minimum absolute atomic E-state index is 0.0872. The number of nitrogens with zero attached hydrogens (tertiary/aromatic N) is 1. The van der Waals surface area contributed by atoms with Crippen LogP contribution in [0.3, 0.4) is 0 Å². The van der Waals surface area contributed by atoms with Crippen LogP contribution in [0.25, 0.3) is 0 Å². The smallest absolute Gasteiger partial charge is 0.124 e. The maximum absolute atomic E-state index is 6.14. The summed E-state index contributed by atoms with van der Waals surface area (Å²) in [5.74, 6) is 0.782. The molecule has 5 heteroatoms. The van der Waals surface area contributed by atoms with Crippen LogP contribution in [0.15, 0.2) is 36.5 Å². The van der Waals surface area contributed by atoms with Crippen molar-refractivity contribution in [1.82, 2.24) is 10.3 Å². The molecule has 0 aliphatic rings. The molecule has 2 rings (SSSR count). The normalized spacial score (nSPS) is 12.2. The van der Waals surface area contributed by atoms with Crippen LogP contribution in [0.5, 0.6) is 5.75 Å². The van der Waals surface area contributed by atoms with E-state index in [-0.39, 0.29) is 6.04 Å². The lowest BCUT2D eigenvalue weighted by Gasteiger charge is -2.21. The lowest BCUT2D eigenvalue weighted by molar-refractivity contribution is 0.403. The van der Waals surface area contributed by atoms with Crippen molar-refractivity contribution < 1.29 is 4.74 Å². The number of hydrogen-bond acceptors (Lipinski definition) is 3. The number of hydrogen-bond donors (Lipinski definition) is 1. The zero-order chi connectivity index (χ0) is 15.2. The average molecular weight is 325 g/mol. The van der Waals surface area contributed by atoms with Gasteiger partial charge in [-0.25, -0.2) is 0 Å². The number of halogens is 2. The van der Waals surface area contributed by atoms with Crippen molar-refractivity contribution >= 4 is 23.2 Å². The molecule has 1 aromatic carbocycles. The molecular formula is C16H18Cl2N2O. The van der Waals surface area contributed by atoms with Gasteiger partial charge >= 0.3 is 0 Å². The van der Waals surface area contributed by atoms with Gasteiger partial charge in [-0.05, 0) is 43.3 Å². The summed E-state index contributed by atoms with van der Waals surface area (Å²) in [4.78, 5) is 4.42. The monoisotopic (exact) mass is 324 g/mol. The zero-order valence-corrected chi connectivity index (χ0v) is 13.6. The fourth-order valence-electron chi connectivity index (χ4n) is 2.15. The number of rotatable bonds is 6. The molecule has 1 atom stereocenters. The molecule has 0 fully saturated rings. The predicted octanol–water partition coefficient (Wildman–Crippen LogP) is 4.49. The summed E-state index contributed by atoms with van der Waals surface area (Å²) in [5, 5.41) is 4.77. The number of methoxy groups -OCH3 is 1. The molecule has 0 radical (unpaired) electrons. The first-order valence-corrected chi connectivity index (χ1v) is 7.59. The summed E-state index contributed by atoms with van der Waals surface area (Å²) < 4.78 is 5.45. The van der Waals surface area contributed by atoms with Gasteiger partial charge < -0.3 is 10.1 Å². The molecule has 3 nitrogen and oxygen atoms in total. The topological polar surface area (TPSA) is 34.2 Å². The maximum Gasteiger partial charge on any atom is 0.124 e. The van der Waals surface area contributed by atoms with Crippen LogP contribution in [-0.4, -0.2) is 18.6 Å². The highest BCUT2D eigenvalue weighted by Gasteiger charge is 2.19. The Morgan fingerprint density at radius 1 is 1.19 bits per heavy atom. The first kappa shape index (κ1) is 16.1. The SMILES string of the molecule is CCCNC(c1ccc(Cl)cn1)c1cc(Cl)ccc1OC. The Bertz CT molecular complexity index is 587. The van der Waals surface area contributed by atoms with E-state index in [9.17, 15) is 0 Å². The molecule has 1 unspecified atom stereocenters. The van der Waals surface area contributed by atoms with E-state index in [1.54, 1.807) is 13.3 Å². The van der Waals surface area contributed by atoms with Crippen LogP contribution in [-0.2, 0) is 0 Å². The zero-order valence-electron chi connectivity index (χ0n) is 12.1. The van der Waals surface area contributed by atoms with Crippen LogP contribution >= 0.6 is 23.2 Å². The molecule has 0 aliphatic heterocycles. The lowest BCUT2D eigenvalue weighted by atomic mass is 10.0. The quantitative estimate of drug-likeness (QED) is 0.850. The third kappa shape index (κ3) is 4.10. The second kappa shape index (κ2) is 7.64. The van der Waals surface area contributed by atoms with E-state index < -0.39 is 0 Å². The molecule has 2 aromatic rings. The Hall–Kier alpha value is -1.29. The van der Waals surface area contributed by atoms with Gasteiger partial charge in [-0.3, -0.25) is 4.98 Å². The van der Waals surface area contributed by atoms with Crippen LogP contribution < -0.4 is 10.1 Å². The van der Waals surface area contributed by atoms with Crippen LogP contribution in [0.2, 0.25) is 10.0 Å². The highest BCUT2D eigenvalue weighted by Crippen LogP contribution is 2.31. The van der Waals surface area contributed by atoms with Gasteiger partial charge in [0.2, 0.25) is 0 Å². The number of benzene rings is 1. The van der Waals surface area contributed by atoms with Crippen molar-refractivity contribution in [2.75, 3.05) is 13.7 Å². The fourth-order valence-corrected chi connectivity index (χ4v) is 2.44. The predicted molar refractivity (Wildman–Crippen MR) is 87.4 cm³/mol. The summed E-state index contributed by atoms with van der Waals surface area (Å²) >= 11 is 12.1. The third-order valence-electron chi connectivity index (χ3n) is 3.15. The molecule has 1 aromatic heterocycles. The molecule has 0 spiro atoms. The second-order valence-corrected chi connectivity index (χ2v) is 5.55. The first-order chi connectivity index (χ1) is 10.2. The fraction of sp³-hybridized carbons (Fsp3) is 0.312. The Morgan fingerprint density at radius 2 is 1.95 bits per heavy atom. The summed E-state index contributed by atoms with van der Waals surface area (Å²) in [5.41, 5.74) is 1.85. The van der Waals surface area contributed by atoms with Gasteiger partial charge in [0, 0.05) is 16.8 Å². The van der Waals surface area contributed by atoms with Crippen molar-refractivity contribution in [3.8, 4) is 5.75 Å². The van der Waals surface area contributed by atoms with Crippen molar-refractivity contribution in [3.05, 3.63) is 57.8 Å². The molecule has 1 N–H and O–H groups in total. The lowest BCUT2D eigenvalue weighted by Crippen LogP contribution is -2.24. The molecule has 0 aliphatic carbocycles. The van der Waals surface area contributed by atoms with E-state index in [0.717, 1.165) is 30.0 Å². The summed E-state index contributed by atoms with van der Waals surface area (Å²) in [6.45, 7) is 2.99. The standard InChI is InChI=1S/C16H18Cl2N2O/c1-3-8-19-16(14-6-4-12(18)10-20-14)13-9-11(17)5-7-15(13)21-2/h4-7,9-10,16,19H,3,8H2,1-2H3. The van der Waals surface area contributed by atoms with Gasteiger partial charge in [-0.2, -0.15) is 0 Å². The largest absolute Gasteiger partial charge is 0.496 e. The Balaban J connectivity index is 2.44. The minimum Gasteiger partial charge on any atom is -0.496 e. The van der Waals surface area contributed by atoms with E-state index in [1.807, 2.05) is 30.3 Å². The van der Waals surface area contributed by atoms with Crippen molar-refractivity contribution in [2.24, 2.45) is 0 Å². The van der Waals surface area contributed by atoms with Gasteiger partial charge in [-0.15, -0.1) is 0 Å². The molecule has 21 heavy (non-hydrogen) atoms. The van der Waals surface area contributed by atoms with E-state index in [4.69, 9.17) is 27.9 Å². The third-order valence-corrected chi connectivity index (χ3v) is 3.61. The van der Waals surface area contributed by atoms with Gasteiger partial charge in [-0.1, -0.05) is 30.1 Å². The molecule has 0 saturated heterocycles. The molecule has 0 bridgehead atoms. The highest BCUT2D eigenvalue weighted by atomic mass is 35.5. The summed E-state index contributed by atoms with van der Waals surface area (Å²) in [6.07, 6.45) is 2.67. The minimum atomic E-state index is -0.0872. The molecule has 0 saturated carbocycles. The van der Waals surface area contributed by atoms with E-state index in [2.05, 4.69) is 17.2 Å². The second-order valence-electron chi connectivity index (χ2n) is 4.67. The Morgan fingerprint density at radius 3 is 2.57 bits per heavy atom. The maximum atomic E-state index is 6.14. The number of aromatic nitrogens is 1. The van der Waals surface area contributed by atoms with Crippen LogP contribution in [0.1, 0.15) is 30.6 Å². The summed E-state index contributed by atoms with van der Waals surface area (Å²) in [6, 6.07) is 9.25. The highest BCUT2D eigenvalue weighted by molar-refractivity contribution is 6.30. The van der Waals surface area contributed by atoms with E-state index in [0.29, 0.717) is 10.0 Å². The Kier molecular flexibility index (Phi) is 5.85. The van der Waals surface area contributed by atoms with Crippen molar-refractivity contribution in [2.45, 2.75) is 19.4 Å². The van der Waals surface area contributed by atoms with Crippen LogP contribution in [0, 0.1) is 0 Å². The molecule has 1 heterocycles. The molecular weight excluding hydrogens is 307 g/mol. The first-order valence-electron chi connectivity index (χ1n) is 6.84. The van der Waals surface area contributed by atoms with Crippen molar-refractivity contribution in [3.63, 3.8) is 0 Å². The van der Waals surface area contributed by atoms with Gasteiger partial charge in [0.25, 0.3) is 0 Å². The van der Waals surface area contributed by atoms with Crippen LogP contribution in [0.4, 0.5) is 0 Å². The average Bonchev–Trinajstić information content (AvgIpc) is 2.49. The number of ether oxygens (including phenoxy) is 1.